The minimum atomic E-state index is 0.355. The number of methoxy groups -OCH3 is 2. The molecule has 0 aliphatic carbocycles. The number of hydrogen-bond donors (Lipinski definition) is 1. The Morgan fingerprint density at radius 1 is 1.00 bits per heavy atom. The first kappa shape index (κ1) is 15.1. The van der Waals surface area contributed by atoms with E-state index in [1.54, 1.807) is 14.2 Å². The fourth-order valence-corrected chi connectivity index (χ4v) is 2.24. The van der Waals surface area contributed by atoms with E-state index >= 15 is 0 Å². The average Bonchev–Trinajstić information content (AvgIpc) is 2.53. The number of benzene rings is 2. The SMILES string of the molecule is COc1ccc(N(C)c2cc(OC)ccc2C(N)=S)cc1. The van der Waals surface area contributed by atoms with E-state index < -0.39 is 0 Å². The van der Waals surface area contributed by atoms with Crippen molar-refractivity contribution in [3.63, 3.8) is 0 Å². The molecule has 0 aliphatic heterocycles. The van der Waals surface area contributed by atoms with Gasteiger partial charge in [0.05, 0.1) is 19.9 Å². The molecule has 0 fully saturated rings. The molecular weight excluding hydrogens is 284 g/mol. The van der Waals surface area contributed by atoms with Crippen molar-refractivity contribution in [3.05, 3.63) is 48.0 Å². The normalized spacial score (nSPS) is 10.0. The number of hydrogen-bond acceptors (Lipinski definition) is 4. The van der Waals surface area contributed by atoms with Gasteiger partial charge in [0, 0.05) is 24.4 Å². The predicted molar refractivity (Wildman–Crippen MR) is 89.9 cm³/mol. The zero-order chi connectivity index (χ0) is 15.4. The van der Waals surface area contributed by atoms with Gasteiger partial charge in [-0.2, -0.15) is 0 Å². The smallest absolute Gasteiger partial charge is 0.120 e. The summed E-state index contributed by atoms with van der Waals surface area (Å²) in [7, 11) is 5.23. The third-order valence-corrected chi connectivity index (χ3v) is 3.51. The van der Waals surface area contributed by atoms with Crippen LogP contribution in [-0.2, 0) is 0 Å². The highest BCUT2D eigenvalue weighted by molar-refractivity contribution is 7.80. The lowest BCUT2D eigenvalue weighted by molar-refractivity contribution is 0.414. The molecule has 0 heterocycles. The van der Waals surface area contributed by atoms with Crippen LogP contribution >= 0.6 is 12.2 Å². The first-order valence-corrected chi connectivity index (χ1v) is 6.83. The summed E-state index contributed by atoms with van der Waals surface area (Å²) in [5, 5.41) is 0. The Bertz CT molecular complexity index is 641. The van der Waals surface area contributed by atoms with Gasteiger partial charge in [-0.15, -0.1) is 0 Å². The Balaban J connectivity index is 2.44. The monoisotopic (exact) mass is 302 g/mol. The van der Waals surface area contributed by atoms with E-state index in [1.165, 1.54) is 0 Å². The summed E-state index contributed by atoms with van der Waals surface area (Å²) < 4.78 is 10.5. The molecule has 2 N–H and O–H groups in total. The van der Waals surface area contributed by atoms with E-state index in [0.29, 0.717) is 4.99 Å². The number of nitrogens with zero attached hydrogens (tertiary/aromatic N) is 1. The van der Waals surface area contributed by atoms with Crippen molar-refractivity contribution >= 4 is 28.6 Å². The maximum atomic E-state index is 5.81. The Morgan fingerprint density at radius 2 is 1.57 bits per heavy atom. The van der Waals surface area contributed by atoms with Crippen molar-refractivity contribution in [2.24, 2.45) is 5.73 Å². The Kier molecular flexibility index (Phi) is 4.65. The maximum Gasteiger partial charge on any atom is 0.120 e. The number of thiocarbonyl (C=S) groups is 1. The highest BCUT2D eigenvalue weighted by Crippen LogP contribution is 2.31. The Hall–Kier alpha value is -2.27. The molecular formula is C16H18N2O2S. The average molecular weight is 302 g/mol. The third-order valence-electron chi connectivity index (χ3n) is 3.29. The zero-order valence-electron chi connectivity index (χ0n) is 12.3. The minimum Gasteiger partial charge on any atom is -0.497 e. The van der Waals surface area contributed by atoms with E-state index in [-0.39, 0.29) is 0 Å². The second-order valence-corrected chi connectivity index (χ2v) is 4.94. The fourth-order valence-electron chi connectivity index (χ4n) is 2.07. The van der Waals surface area contributed by atoms with Crippen LogP contribution in [0.5, 0.6) is 11.5 Å². The van der Waals surface area contributed by atoms with Crippen molar-refractivity contribution in [1.29, 1.82) is 0 Å². The van der Waals surface area contributed by atoms with Crippen molar-refractivity contribution in [3.8, 4) is 11.5 Å². The van der Waals surface area contributed by atoms with Crippen LogP contribution in [0.1, 0.15) is 5.56 Å². The molecule has 0 aliphatic rings. The molecule has 2 aromatic rings. The molecule has 4 nitrogen and oxygen atoms in total. The summed E-state index contributed by atoms with van der Waals surface area (Å²) in [6, 6.07) is 13.4. The van der Waals surface area contributed by atoms with Gasteiger partial charge in [0.1, 0.15) is 16.5 Å². The summed E-state index contributed by atoms with van der Waals surface area (Å²) >= 11 is 5.13. The first-order valence-electron chi connectivity index (χ1n) is 6.42. The lowest BCUT2D eigenvalue weighted by Gasteiger charge is -2.23. The van der Waals surface area contributed by atoms with Crippen molar-refractivity contribution < 1.29 is 9.47 Å². The van der Waals surface area contributed by atoms with Gasteiger partial charge in [0.15, 0.2) is 0 Å². The van der Waals surface area contributed by atoms with Gasteiger partial charge in [0.25, 0.3) is 0 Å². The molecule has 2 rings (SSSR count). The van der Waals surface area contributed by atoms with Crippen molar-refractivity contribution in [2.75, 3.05) is 26.2 Å². The van der Waals surface area contributed by atoms with Crippen molar-refractivity contribution in [2.45, 2.75) is 0 Å². The van der Waals surface area contributed by atoms with E-state index in [0.717, 1.165) is 28.4 Å². The quantitative estimate of drug-likeness (QED) is 0.860. The van der Waals surface area contributed by atoms with Crippen LogP contribution in [0.25, 0.3) is 0 Å². The van der Waals surface area contributed by atoms with Gasteiger partial charge < -0.3 is 20.1 Å². The second kappa shape index (κ2) is 6.45. The molecule has 110 valence electrons. The van der Waals surface area contributed by atoms with Crippen LogP contribution in [0, 0.1) is 0 Å². The predicted octanol–water partition coefficient (Wildman–Crippen LogP) is 3.11. The second-order valence-electron chi connectivity index (χ2n) is 4.50. The molecule has 0 atom stereocenters. The largest absolute Gasteiger partial charge is 0.497 e. The van der Waals surface area contributed by atoms with Crippen LogP contribution in [-0.4, -0.2) is 26.3 Å². The molecule has 0 spiro atoms. The van der Waals surface area contributed by atoms with Gasteiger partial charge in [-0.3, -0.25) is 0 Å². The molecule has 0 unspecified atom stereocenters. The number of ether oxygens (including phenoxy) is 2. The lowest BCUT2D eigenvalue weighted by Crippen LogP contribution is -2.17. The maximum absolute atomic E-state index is 5.81. The molecule has 0 amide bonds. The van der Waals surface area contributed by atoms with Crippen LogP contribution in [0.3, 0.4) is 0 Å². The van der Waals surface area contributed by atoms with E-state index in [4.69, 9.17) is 27.4 Å². The topological polar surface area (TPSA) is 47.7 Å². The molecule has 0 aromatic heterocycles. The molecule has 5 heteroatoms. The standard InChI is InChI=1S/C16H18N2O2S/c1-18(11-4-6-12(19-2)7-5-11)15-10-13(20-3)8-9-14(15)16(17)21/h4-10H,1-3H3,(H2,17,21). The van der Waals surface area contributed by atoms with E-state index in [1.807, 2.05) is 54.4 Å². The molecule has 0 saturated heterocycles. The van der Waals surface area contributed by atoms with Gasteiger partial charge in [0.2, 0.25) is 0 Å². The summed E-state index contributed by atoms with van der Waals surface area (Å²) in [5.74, 6) is 1.57. The van der Waals surface area contributed by atoms with Crippen LogP contribution in [0.15, 0.2) is 42.5 Å². The van der Waals surface area contributed by atoms with Gasteiger partial charge in [-0.1, -0.05) is 12.2 Å². The number of nitrogens with two attached hydrogens (primary N) is 1. The van der Waals surface area contributed by atoms with Gasteiger partial charge >= 0.3 is 0 Å². The number of rotatable bonds is 5. The Morgan fingerprint density at radius 3 is 2.10 bits per heavy atom. The molecule has 0 bridgehead atoms. The molecule has 0 radical (unpaired) electrons. The highest BCUT2D eigenvalue weighted by Gasteiger charge is 2.13. The van der Waals surface area contributed by atoms with E-state index in [9.17, 15) is 0 Å². The lowest BCUT2D eigenvalue weighted by atomic mass is 10.1. The summed E-state index contributed by atoms with van der Waals surface area (Å²) in [6.45, 7) is 0. The van der Waals surface area contributed by atoms with Gasteiger partial charge in [-0.25, -0.2) is 0 Å². The third kappa shape index (κ3) is 3.25. The zero-order valence-corrected chi connectivity index (χ0v) is 13.1. The van der Waals surface area contributed by atoms with Crippen LogP contribution < -0.4 is 20.1 Å². The first-order chi connectivity index (χ1) is 10.1. The Labute approximate surface area is 130 Å². The molecule has 2 aromatic carbocycles. The van der Waals surface area contributed by atoms with E-state index in [2.05, 4.69) is 0 Å². The highest BCUT2D eigenvalue weighted by atomic mass is 32.1. The number of anilines is 2. The minimum absolute atomic E-state index is 0.355. The summed E-state index contributed by atoms with van der Waals surface area (Å²) in [6.07, 6.45) is 0. The van der Waals surface area contributed by atoms with Crippen molar-refractivity contribution in [1.82, 2.24) is 0 Å². The summed E-state index contributed by atoms with van der Waals surface area (Å²) in [5.41, 5.74) is 8.52. The van der Waals surface area contributed by atoms with Crippen LogP contribution in [0.2, 0.25) is 0 Å². The molecule has 0 saturated carbocycles. The summed E-state index contributed by atoms with van der Waals surface area (Å²) in [4.78, 5) is 2.37. The molecule has 21 heavy (non-hydrogen) atoms. The van der Waals surface area contributed by atoms with Crippen LogP contribution in [0.4, 0.5) is 11.4 Å². The fraction of sp³-hybridized carbons (Fsp3) is 0.188. The van der Waals surface area contributed by atoms with Gasteiger partial charge in [-0.05, 0) is 36.4 Å².